The van der Waals surface area contributed by atoms with Gasteiger partial charge in [0.15, 0.2) is 0 Å². The minimum Gasteiger partial charge on any atom is -0.385 e. The Morgan fingerprint density at radius 1 is 1.37 bits per heavy atom. The smallest absolute Gasteiger partial charge is 0.248 e. The zero-order chi connectivity index (χ0) is 14.1. The van der Waals surface area contributed by atoms with Gasteiger partial charge < -0.3 is 15.8 Å². The molecule has 0 fully saturated rings. The molecule has 0 saturated heterocycles. The molecule has 6 N–H and O–H groups in total. The first-order valence-corrected chi connectivity index (χ1v) is 5.84. The SMILES string of the molecule is COCCCN=C(NN)Nc1ccc(C(N)=O)cc1. The molecule has 1 aromatic rings. The molecule has 1 amide bonds. The molecule has 0 radical (unpaired) electrons. The molecule has 0 aromatic heterocycles. The third-order valence-electron chi connectivity index (χ3n) is 2.35. The van der Waals surface area contributed by atoms with Crippen LogP contribution in [0, 0.1) is 0 Å². The maximum Gasteiger partial charge on any atom is 0.248 e. The molecule has 0 atom stereocenters. The zero-order valence-electron chi connectivity index (χ0n) is 10.8. The third kappa shape index (κ3) is 5.36. The number of aliphatic imine (C=N–C) groups is 1. The molecule has 0 saturated carbocycles. The van der Waals surface area contributed by atoms with Gasteiger partial charge >= 0.3 is 0 Å². The van der Waals surface area contributed by atoms with E-state index in [1.807, 2.05) is 0 Å². The lowest BCUT2D eigenvalue weighted by molar-refractivity contribution is 0.100. The van der Waals surface area contributed by atoms with Crippen molar-refractivity contribution in [2.75, 3.05) is 25.6 Å². The molecule has 1 rings (SSSR count). The van der Waals surface area contributed by atoms with Crippen LogP contribution >= 0.6 is 0 Å². The van der Waals surface area contributed by atoms with Crippen LogP contribution in [-0.2, 0) is 4.74 Å². The lowest BCUT2D eigenvalue weighted by Gasteiger charge is -2.09. The number of carbonyl (C=O) groups excluding carboxylic acids is 1. The molecule has 1 aromatic carbocycles. The van der Waals surface area contributed by atoms with Crippen LogP contribution < -0.4 is 22.3 Å². The predicted octanol–water partition coefficient (Wildman–Crippen LogP) is 0.0532. The number of nitrogens with two attached hydrogens (primary N) is 2. The number of hydrazine groups is 1. The van der Waals surface area contributed by atoms with E-state index in [1.165, 1.54) is 0 Å². The quantitative estimate of drug-likeness (QED) is 0.191. The van der Waals surface area contributed by atoms with Crippen LogP contribution in [0.5, 0.6) is 0 Å². The second kappa shape index (κ2) is 8.06. The van der Waals surface area contributed by atoms with Crippen molar-refractivity contribution in [2.24, 2.45) is 16.6 Å². The number of hydrogen-bond acceptors (Lipinski definition) is 4. The largest absolute Gasteiger partial charge is 0.385 e. The molecule has 0 heterocycles. The topological polar surface area (TPSA) is 115 Å². The average Bonchev–Trinajstić information content (AvgIpc) is 2.42. The van der Waals surface area contributed by atoms with Gasteiger partial charge in [-0.15, -0.1) is 0 Å². The van der Waals surface area contributed by atoms with Crippen molar-refractivity contribution in [3.63, 3.8) is 0 Å². The number of rotatable bonds is 6. The number of anilines is 1. The number of nitrogens with zero attached hydrogens (tertiary/aromatic N) is 1. The molecule has 104 valence electrons. The number of methoxy groups -OCH3 is 1. The van der Waals surface area contributed by atoms with Gasteiger partial charge in [0.2, 0.25) is 11.9 Å². The van der Waals surface area contributed by atoms with Crippen LogP contribution in [0.25, 0.3) is 0 Å². The summed E-state index contributed by atoms with van der Waals surface area (Å²) in [5, 5.41) is 2.99. The van der Waals surface area contributed by atoms with E-state index in [0.29, 0.717) is 24.7 Å². The Morgan fingerprint density at radius 3 is 2.58 bits per heavy atom. The van der Waals surface area contributed by atoms with Gasteiger partial charge in [-0.2, -0.15) is 0 Å². The fourth-order valence-corrected chi connectivity index (χ4v) is 1.38. The first kappa shape index (κ1) is 14.9. The van der Waals surface area contributed by atoms with E-state index in [2.05, 4.69) is 15.7 Å². The summed E-state index contributed by atoms with van der Waals surface area (Å²) in [6, 6.07) is 6.71. The number of nitrogens with one attached hydrogen (secondary N) is 2. The van der Waals surface area contributed by atoms with Crippen LogP contribution in [0.4, 0.5) is 5.69 Å². The van der Waals surface area contributed by atoms with Crippen LogP contribution in [0.3, 0.4) is 0 Å². The second-order valence-corrected chi connectivity index (χ2v) is 3.79. The minimum absolute atomic E-state index is 0.447. The fraction of sp³-hybridized carbons (Fsp3) is 0.333. The van der Waals surface area contributed by atoms with Crippen LogP contribution in [-0.4, -0.2) is 32.1 Å². The Morgan fingerprint density at radius 2 is 2.05 bits per heavy atom. The maximum atomic E-state index is 10.9. The Balaban J connectivity index is 2.57. The zero-order valence-corrected chi connectivity index (χ0v) is 10.8. The highest BCUT2D eigenvalue weighted by molar-refractivity contribution is 5.95. The molecule has 0 aliphatic carbocycles. The van der Waals surface area contributed by atoms with Crippen molar-refractivity contribution >= 4 is 17.6 Å². The molecule has 7 heteroatoms. The Labute approximate surface area is 112 Å². The molecule has 7 nitrogen and oxygen atoms in total. The predicted molar refractivity (Wildman–Crippen MR) is 74.7 cm³/mol. The third-order valence-corrected chi connectivity index (χ3v) is 2.35. The van der Waals surface area contributed by atoms with Crippen molar-refractivity contribution in [3.05, 3.63) is 29.8 Å². The summed E-state index contributed by atoms with van der Waals surface area (Å²) in [5.41, 5.74) is 8.84. The summed E-state index contributed by atoms with van der Waals surface area (Å²) in [7, 11) is 1.64. The van der Waals surface area contributed by atoms with Gasteiger partial charge in [0.25, 0.3) is 0 Å². The van der Waals surface area contributed by atoms with Crippen molar-refractivity contribution < 1.29 is 9.53 Å². The molecule has 0 spiro atoms. The van der Waals surface area contributed by atoms with E-state index in [1.54, 1.807) is 31.4 Å². The number of benzene rings is 1. The standard InChI is InChI=1S/C12H19N5O2/c1-19-8-2-7-15-12(17-14)16-10-5-3-9(4-6-10)11(13)18/h3-6H,2,7-8,14H2,1H3,(H2,13,18)(H2,15,16,17). The van der Waals surface area contributed by atoms with Gasteiger partial charge in [0.05, 0.1) is 0 Å². The summed E-state index contributed by atoms with van der Waals surface area (Å²) in [5.74, 6) is 5.35. The summed E-state index contributed by atoms with van der Waals surface area (Å²) >= 11 is 0. The summed E-state index contributed by atoms with van der Waals surface area (Å²) in [6.45, 7) is 1.24. The van der Waals surface area contributed by atoms with E-state index in [-0.39, 0.29) is 0 Å². The number of guanidine groups is 1. The van der Waals surface area contributed by atoms with E-state index in [0.717, 1.165) is 12.1 Å². The highest BCUT2D eigenvalue weighted by atomic mass is 16.5. The van der Waals surface area contributed by atoms with Crippen molar-refractivity contribution in [3.8, 4) is 0 Å². The lowest BCUT2D eigenvalue weighted by atomic mass is 10.2. The van der Waals surface area contributed by atoms with Gasteiger partial charge in [0, 0.05) is 31.5 Å². The van der Waals surface area contributed by atoms with Crippen molar-refractivity contribution in [1.82, 2.24) is 5.43 Å². The molecule has 19 heavy (non-hydrogen) atoms. The lowest BCUT2D eigenvalue weighted by Crippen LogP contribution is -2.36. The Kier molecular flexibility index (Phi) is 6.34. The van der Waals surface area contributed by atoms with Gasteiger partial charge in [0.1, 0.15) is 0 Å². The van der Waals surface area contributed by atoms with E-state index in [9.17, 15) is 4.79 Å². The van der Waals surface area contributed by atoms with Crippen LogP contribution in [0.1, 0.15) is 16.8 Å². The van der Waals surface area contributed by atoms with Crippen molar-refractivity contribution in [2.45, 2.75) is 6.42 Å². The minimum atomic E-state index is -0.461. The van der Waals surface area contributed by atoms with E-state index >= 15 is 0 Å². The molecule has 0 aliphatic heterocycles. The maximum absolute atomic E-state index is 10.9. The van der Waals surface area contributed by atoms with Gasteiger partial charge in [-0.05, 0) is 30.7 Å². The molecular weight excluding hydrogens is 246 g/mol. The van der Waals surface area contributed by atoms with E-state index < -0.39 is 5.91 Å². The van der Waals surface area contributed by atoms with Gasteiger partial charge in [-0.3, -0.25) is 15.2 Å². The number of amides is 1. The number of ether oxygens (including phenoxy) is 1. The first-order chi connectivity index (χ1) is 9.17. The Hall–Kier alpha value is -2.12. The fourth-order valence-electron chi connectivity index (χ4n) is 1.38. The number of hydrogen-bond donors (Lipinski definition) is 4. The summed E-state index contributed by atoms with van der Waals surface area (Å²) in [4.78, 5) is 15.2. The Bertz CT molecular complexity index is 430. The molecule has 0 unspecified atom stereocenters. The second-order valence-electron chi connectivity index (χ2n) is 3.79. The monoisotopic (exact) mass is 265 g/mol. The normalized spacial score (nSPS) is 11.2. The van der Waals surface area contributed by atoms with Crippen LogP contribution in [0.15, 0.2) is 29.3 Å². The highest BCUT2D eigenvalue weighted by Gasteiger charge is 2.01. The molecule has 0 bridgehead atoms. The van der Waals surface area contributed by atoms with Gasteiger partial charge in [-0.25, -0.2) is 5.84 Å². The first-order valence-electron chi connectivity index (χ1n) is 5.84. The molecular formula is C12H19N5O2. The van der Waals surface area contributed by atoms with Gasteiger partial charge in [-0.1, -0.05) is 0 Å². The number of carbonyl (C=O) groups is 1. The van der Waals surface area contributed by atoms with E-state index in [4.69, 9.17) is 16.3 Å². The molecule has 0 aliphatic rings. The highest BCUT2D eigenvalue weighted by Crippen LogP contribution is 2.08. The van der Waals surface area contributed by atoms with Crippen LogP contribution in [0.2, 0.25) is 0 Å². The number of primary amides is 1. The van der Waals surface area contributed by atoms with Crippen molar-refractivity contribution in [1.29, 1.82) is 0 Å². The summed E-state index contributed by atoms with van der Waals surface area (Å²) < 4.78 is 4.93. The summed E-state index contributed by atoms with van der Waals surface area (Å²) in [6.07, 6.45) is 0.809. The average molecular weight is 265 g/mol.